The van der Waals surface area contributed by atoms with Crippen LogP contribution in [0.1, 0.15) is 0 Å². The van der Waals surface area contributed by atoms with Crippen molar-refractivity contribution in [2.75, 3.05) is 5.32 Å². The van der Waals surface area contributed by atoms with E-state index in [1.165, 1.54) is 12.4 Å². The van der Waals surface area contributed by atoms with Crippen LogP contribution in [0.5, 0.6) is 0 Å². The molecule has 98 valence electrons. The molecule has 3 heterocycles. The molecular weight excluding hydrogens is 250 g/mol. The van der Waals surface area contributed by atoms with Gasteiger partial charge in [-0.1, -0.05) is 12.2 Å². The largest absolute Gasteiger partial charge is 0.481 e. The third-order valence-electron chi connectivity index (χ3n) is 3.29. The van der Waals surface area contributed by atoms with Gasteiger partial charge in [0.25, 0.3) is 0 Å². The summed E-state index contributed by atoms with van der Waals surface area (Å²) in [5.41, 5.74) is 0. The molecule has 0 spiro atoms. The number of hydrogen-bond donors (Lipinski definition) is 2. The van der Waals surface area contributed by atoms with Crippen LogP contribution in [-0.2, 0) is 14.3 Å². The predicted octanol–water partition coefficient (Wildman–Crippen LogP) is 0.0693. The molecule has 1 aromatic rings. The normalized spacial score (nSPS) is 31.4. The summed E-state index contributed by atoms with van der Waals surface area (Å²) < 4.78 is 5.42. The lowest BCUT2D eigenvalue weighted by Gasteiger charge is -2.20. The summed E-state index contributed by atoms with van der Waals surface area (Å²) in [4.78, 5) is 31.1. The molecule has 4 atom stereocenters. The average Bonchev–Trinajstić information content (AvgIpc) is 2.99. The highest BCUT2D eigenvalue weighted by Crippen LogP contribution is 2.39. The van der Waals surface area contributed by atoms with E-state index in [1.807, 2.05) is 0 Å². The monoisotopic (exact) mass is 261 g/mol. The van der Waals surface area contributed by atoms with Crippen LogP contribution in [0, 0.1) is 11.8 Å². The standard InChI is InChI=1S/C12H11N3O4/c16-10(15-12-13-4-1-5-14-12)8-6-2-3-7(19-6)9(8)11(17)18/h1-9H,(H,17,18)(H,13,14,15,16)/t6-,7+,8+,9-/m1/s1. The third-order valence-corrected chi connectivity index (χ3v) is 3.29. The second kappa shape index (κ2) is 4.43. The molecule has 1 fully saturated rings. The summed E-state index contributed by atoms with van der Waals surface area (Å²) in [7, 11) is 0. The van der Waals surface area contributed by atoms with Gasteiger partial charge in [-0.2, -0.15) is 0 Å². The molecule has 2 bridgehead atoms. The summed E-state index contributed by atoms with van der Waals surface area (Å²) >= 11 is 0. The van der Waals surface area contributed by atoms with E-state index in [1.54, 1.807) is 18.2 Å². The summed E-state index contributed by atoms with van der Waals surface area (Å²) in [5.74, 6) is -2.93. The Labute approximate surface area is 108 Å². The first kappa shape index (κ1) is 11.8. The predicted molar refractivity (Wildman–Crippen MR) is 63.1 cm³/mol. The van der Waals surface area contributed by atoms with E-state index in [2.05, 4.69) is 15.3 Å². The lowest BCUT2D eigenvalue weighted by Crippen LogP contribution is -2.39. The summed E-state index contributed by atoms with van der Waals surface area (Å²) in [5, 5.41) is 11.7. The lowest BCUT2D eigenvalue weighted by molar-refractivity contribution is -0.145. The van der Waals surface area contributed by atoms with Crippen molar-refractivity contribution in [3.8, 4) is 0 Å². The number of ether oxygens (including phenoxy) is 1. The maximum atomic E-state index is 12.2. The molecule has 7 nitrogen and oxygen atoms in total. The highest BCUT2D eigenvalue weighted by Gasteiger charge is 2.53. The lowest BCUT2D eigenvalue weighted by atomic mass is 9.82. The maximum absolute atomic E-state index is 12.2. The zero-order valence-corrected chi connectivity index (χ0v) is 9.76. The van der Waals surface area contributed by atoms with Crippen molar-refractivity contribution in [2.45, 2.75) is 12.2 Å². The van der Waals surface area contributed by atoms with Crippen molar-refractivity contribution in [1.29, 1.82) is 0 Å². The molecule has 3 rings (SSSR count). The maximum Gasteiger partial charge on any atom is 0.310 e. The highest BCUT2D eigenvalue weighted by atomic mass is 16.5. The number of rotatable bonds is 3. The minimum absolute atomic E-state index is 0.156. The van der Waals surface area contributed by atoms with Gasteiger partial charge >= 0.3 is 5.97 Å². The van der Waals surface area contributed by atoms with Gasteiger partial charge in [0, 0.05) is 12.4 Å². The van der Waals surface area contributed by atoms with Crippen molar-refractivity contribution in [2.24, 2.45) is 11.8 Å². The molecule has 0 unspecified atom stereocenters. The van der Waals surface area contributed by atoms with Crippen molar-refractivity contribution < 1.29 is 19.4 Å². The fourth-order valence-electron chi connectivity index (χ4n) is 2.47. The number of anilines is 1. The van der Waals surface area contributed by atoms with Crippen molar-refractivity contribution in [3.05, 3.63) is 30.6 Å². The average molecular weight is 261 g/mol. The van der Waals surface area contributed by atoms with Crippen LogP contribution in [0.25, 0.3) is 0 Å². The Bertz CT molecular complexity index is 545. The van der Waals surface area contributed by atoms with Crippen LogP contribution in [0.15, 0.2) is 30.6 Å². The van der Waals surface area contributed by atoms with E-state index >= 15 is 0 Å². The van der Waals surface area contributed by atoms with Gasteiger partial charge in [0.2, 0.25) is 11.9 Å². The number of nitrogens with one attached hydrogen (secondary N) is 1. The van der Waals surface area contributed by atoms with Crippen LogP contribution < -0.4 is 5.32 Å². The van der Waals surface area contributed by atoms with Crippen molar-refractivity contribution >= 4 is 17.8 Å². The van der Waals surface area contributed by atoms with E-state index in [0.29, 0.717) is 0 Å². The zero-order chi connectivity index (χ0) is 13.4. The van der Waals surface area contributed by atoms with Gasteiger partial charge in [-0.05, 0) is 6.07 Å². The van der Waals surface area contributed by atoms with E-state index in [9.17, 15) is 14.7 Å². The molecule has 7 heteroatoms. The fourth-order valence-corrected chi connectivity index (χ4v) is 2.47. The Morgan fingerprint density at radius 3 is 2.42 bits per heavy atom. The van der Waals surface area contributed by atoms with Crippen LogP contribution in [0.2, 0.25) is 0 Å². The third kappa shape index (κ3) is 1.97. The van der Waals surface area contributed by atoms with Gasteiger partial charge in [-0.25, -0.2) is 9.97 Å². The van der Waals surface area contributed by atoms with Gasteiger partial charge in [0.15, 0.2) is 0 Å². The number of nitrogens with zero attached hydrogens (tertiary/aromatic N) is 2. The van der Waals surface area contributed by atoms with Crippen molar-refractivity contribution in [1.82, 2.24) is 9.97 Å². The van der Waals surface area contributed by atoms with Gasteiger partial charge < -0.3 is 9.84 Å². The Morgan fingerprint density at radius 1 is 1.16 bits per heavy atom. The van der Waals surface area contributed by atoms with Crippen LogP contribution in [0.3, 0.4) is 0 Å². The van der Waals surface area contributed by atoms with Gasteiger partial charge in [-0.15, -0.1) is 0 Å². The quantitative estimate of drug-likeness (QED) is 0.746. The minimum Gasteiger partial charge on any atom is -0.481 e. The molecule has 1 aromatic heterocycles. The molecule has 0 aliphatic carbocycles. The number of aromatic nitrogens is 2. The molecule has 2 aliphatic rings. The van der Waals surface area contributed by atoms with Crippen LogP contribution in [-0.4, -0.2) is 39.2 Å². The number of carboxylic acids is 1. The second-order valence-corrected chi connectivity index (χ2v) is 4.40. The number of carboxylic acid groups (broad SMARTS) is 1. The molecule has 1 saturated heterocycles. The Morgan fingerprint density at radius 2 is 1.79 bits per heavy atom. The first-order valence-electron chi connectivity index (χ1n) is 5.81. The summed E-state index contributed by atoms with van der Waals surface area (Å²) in [6.45, 7) is 0. The molecule has 19 heavy (non-hydrogen) atoms. The SMILES string of the molecule is O=C(Nc1ncccn1)[C@@H]1[C@H](C(=O)O)[C@@H]2C=C[C@H]1O2. The van der Waals surface area contributed by atoms with Gasteiger partial charge in [-0.3, -0.25) is 14.9 Å². The molecular formula is C12H11N3O4. The van der Waals surface area contributed by atoms with E-state index in [4.69, 9.17) is 4.74 Å². The Balaban J connectivity index is 1.79. The van der Waals surface area contributed by atoms with Crippen LogP contribution in [0.4, 0.5) is 5.95 Å². The smallest absolute Gasteiger partial charge is 0.310 e. The number of amides is 1. The van der Waals surface area contributed by atoms with E-state index in [0.717, 1.165) is 0 Å². The molecule has 0 aromatic carbocycles. The molecule has 2 aliphatic heterocycles. The molecule has 1 amide bonds. The fraction of sp³-hybridized carbons (Fsp3) is 0.333. The highest BCUT2D eigenvalue weighted by molar-refractivity contribution is 5.95. The molecule has 0 radical (unpaired) electrons. The first-order chi connectivity index (χ1) is 9.16. The number of carbonyl (C=O) groups is 2. The Hall–Kier alpha value is -2.28. The number of carbonyl (C=O) groups excluding carboxylic acids is 1. The van der Waals surface area contributed by atoms with E-state index < -0.39 is 35.9 Å². The zero-order valence-electron chi connectivity index (χ0n) is 9.76. The summed E-state index contributed by atoms with van der Waals surface area (Å²) in [6, 6.07) is 1.62. The van der Waals surface area contributed by atoms with Gasteiger partial charge in [0.05, 0.1) is 18.1 Å². The van der Waals surface area contributed by atoms with Gasteiger partial charge in [0.1, 0.15) is 5.92 Å². The van der Waals surface area contributed by atoms with E-state index in [-0.39, 0.29) is 5.95 Å². The number of fused-ring (bicyclic) bond motifs is 2. The number of hydrogen-bond acceptors (Lipinski definition) is 5. The first-order valence-corrected chi connectivity index (χ1v) is 5.81. The molecule has 2 N–H and O–H groups in total. The minimum atomic E-state index is -1.04. The number of aliphatic carboxylic acids is 1. The summed E-state index contributed by atoms with van der Waals surface area (Å²) in [6.07, 6.45) is 5.37. The van der Waals surface area contributed by atoms with Crippen molar-refractivity contribution in [3.63, 3.8) is 0 Å². The van der Waals surface area contributed by atoms with Crippen LogP contribution >= 0.6 is 0 Å². The second-order valence-electron chi connectivity index (χ2n) is 4.40. The molecule has 0 saturated carbocycles. The topological polar surface area (TPSA) is 101 Å². The Kier molecular flexibility index (Phi) is 2.75.